The average Bonchev–Trinajstić information content (AvgIpc) is 3.06. The number of hydrogen-bond acceptors (Lipinski definition) is 5. The Morgan fingerprint density at radius 2 is 1.82 bits per heavy atom. The lowest BCUT2D eigenvalue weighted by Gasteiger charge is -2.24. The molecule has 1 aliphatic carbocycles. The number of Topliss-reactive ketones (excluding diaryl/α,β-unsaturated/α-hetero) is 1. The molecule has 0 bridgehead atoms. The molecule has 0 radical (unpaired) electrons. The standard InChI is InChI=1S/C16H14O5S/c1-2-6-13-14(17)11-16(20-9-10-21-16)15(13)22(18,19)12-7-4-3-5-8-12/h1,3-5,7-8H,6,9-11H2. The first-order valence-corrected chi connectivity index (χ1v) is 8.28. The van der Waals surface area contributed by atoms with Crippen LogP contribution in [-0.4, -0.2) is 33.2 Å². The Morgan fingerprint density at radius 3 is 2.41 bits per heavy atom. The second-order valence-corrected chi connectivity index (χ2v) is 6.94. The van der Waals surface area contributed by atoms with Crippen molar-refractivity contribution >= 4 is 15.6 Å². The van der Waals surface area contributed by atoms with Crippen LogP contribution in [0.15, 0.2) is 45.7 Å². The summed E-state index contributed by atoms with van der Waals surface area (Å²) in [5.41, 5.74) is 0.0910. The number of hydrogen-bond donors (Lipinski definition) is 0. The minimum absolute atomic E-state index is 0.0608. The zero-order chi connectivity index (χ0) is 15.8. The molecule has 1 aromatic rings. The summed E-state index contributed by atoms with van der Waals surface area (Å²) in [6.07, 6.45) is 5.08. The fourth-order valence-electron chi connectivity index (χ4n) is 2.81. The number of carbonyl (C=O) groups is 1. The van der Waals surface area contributed by atoms with E-state index >= 15 is 0 Å². The zero-order valence-corrected chi connectivity index (χ0v) is 12.6. The molecule has 0 unspecified atom stereocenters. The van der Waals surface area contributed by atoms with Gasteiger partial charge >= 0.3 is 0 Å². The quantitative estimate of drug-likeness (QED) is 0.789. The summed E-state index contributed by atoms with van der Waals surface area (Å²) in [5.74, 6) is 0.491. The van der Waals surface area contributed by atoms with Crippen LogP contribution >= 0.6 is 0 Å². The van der Waals surface area contributed by atoms with Crippen molar-refractivity contribution in [3.63, 3.8) is 0 Å². The van der Waals surface area contributed by atoms with Crippen LogP contribution in [0, 0.1) is 12.3 Å². The number of rotatable bonds is 3. The van der Waals surface area contributed by atoms with Crippen LogP contribution in [0.4, 0.5) is 0 Å². The van der Waals surface area contributed by atoms with Gasteiger partial charge in [-0.15, -0.1) is 12.3 Å². The van der Waals surface area contributed by atoms with Crippen molar-refractivity contribution < 1.29 is 22.7 Å². The minimum atomic E-state index is -3.92. The lowest BCUT2D eigenvalue weighted by molar-refractivity contribution is -0.137. The van der Waals surface area contributed by atoms with Gasteiger partial charge in [-0.2, -0.15) is 0 Å². The van der Waals surface area contributed by atoms with Gasteiger partial charge in [0.1, 0.15) is 4.91 Å². The molecule has 1 aromatic carbocycles. The molecule has 1 spiro atoms. The van der Waals surface area contributed by atoms with Crippen molar-refractivity contribution in [2.75, 3.05) is 13.2 Å². The van der Waals surface area contributed by atoms with Crippen molar-refractivity contribution in [2.24, 2.45) is 0 Å². The van der Waals surface area contributed by atoms with E-state index in [2.05, 4.69) is 5.92 Å². The monoisotopic (exact) mass is 318 g/mol. The summed E-state index contributed by atoms with van der Waals surface area (Å²) in [6, 6.07) is 7.90. The van der Waals surface area contributed by atoms with Crippen LogP contribution in [0.2, 0.25) is 0 Å². The molecule has 2 aliphatic rings. The SMILES string of the molecule is C#CCC1=C(S(=O)(=O)c2ccccc2)C2(CC1=O)OCCO2. The number of sulfone groups is 1. The van der Waals surface area contributed by atoms with Crippen LogP contribution in [0.5, 0.6) is 0 Å². The van der Waals surface area contributed by atoms with E-state index in [1.807, 2.05) is 0 Å². The second kappa shape index (κ2) is 5.36. The minimum Gasteiger partial charge on any atom is -0.342 e. The molecule has 3 rings (SSSR count). The van der Waals surface area contributed by atoms with Gasteiger partial charge in [-0.25, -0.2) is 8.42 Å². The largest absolute Gasteiger partial charge is 0.342 e. The molecule has 1 fully saturated rings. The number of carbonyl (C=O) groups excluding carboxylic acids is 1. The van der Waals surface area contributed by atoms with Gasteiger partial charge in [0.15, 0.2) is 5.78 Å². The van der Waals surface area contributed by atoms with Crippen molar-refractivity contribution in [2.45, 2.75) is 23.5 Å². The number of benzene rings is 1. The topological polar surface area (TPSA) is 69.7 Å². The van der Waals surface area contributed by atoms with Gasteiger partial charge < -0.3 is 9.47 Å². The Labute approximate surface area is 128 Å². The molecule has 6 heteroatoms. The summed E-state index contributed by atoms with van der Waals surface area (Å²) >= 11 is 0. The van der Waals surface area contributed by atoms with Gasteiger partial charge in [0.05, 0.1) is 24.5 Å². The Morgan fingerprint density at radius 1 is 1.18 bits per heavy atom. The van der Waals surface area contributed by atoms with E-state index in [1.54, 1.807) is 18.2 Å². The highest BCUT2D eigenvalue weighted by Gasteiger charge is 2.55. The summed E-state index contributed by atoms with van der Waals surface area (Å²) in [7, 11) is -3.92. The van der Waals surface area contributed by atoms with Crippen molar-refractivity contribution in [1.29, 1.82) is 0 Å². The molecule has 1 heterocycles. The lowest BCUT2D eigenvalue weighted by atomic mass is 10.1. The van der Waals surface area contributed by atoms with Crippen LogP contribution in [0.25, 0.3) is 0 Å². The summed E-state index contributed by atoms with van der Waals surface area (Å²) in [5, 5.41) is 0. The highest BCUT2D eigenvalue weighted by molar-refractivity contribution is 7.95. The molecular formula is C16H14O5S. The van der Waals surface area contributed by atoms with Crippen molar-refractivity contribution in [3.8, 4) is 12.3 Å². The number of terminal acetylenes is 1. The average molecular weight is 318 g/mol. The molecule has 1 saturated heterocycles. The third-order valence-corrected chi connectivity index (χ3v) is 5.69. The number of ketones is 1. The summed E-state index contributed by atoms with van der Waals surface area (Å²) in [4.78, 5) is 12.2. The number of ether oxygens (including phenoxy) is 2. The number of allylic oxidation sites excluding steroid dienone is 1. The van der Waals surface area contributed by atoms with Crippen molar-refractivity contribution in [1.82, 2.24) is 0 Å². The Balaban J connectivity index is 2.23. The molecule has 0 aromatic heterocycles. The van der Waals surface area contributed by atoms with Gasteiger partial charge in [0, 0.05) is 12.0 Å². The maximum Gasteiger partial charge on any atom is 0.214 e. The molecule has 22 heavy (non-hydrogen) atoms. The second-order valence-electron chi connectivity index (χ2n) is 5.05. The molecule has 1 aliphatic heterocycles. The predicted molar refractivity (Wildman–Crippen MR) is 78.4 cm³/mol. The first-order valence-electron chi connectivity index (χ1n) is 6.79. The van der Waals surface area contributed by atoms with E-state index in [0.717, 1.165) is 0 Å². The molecule has 114 valence electrons. The fraction of sp³-hybridized carbons (Fsp3) is 0.312. The van der Waals surface area contributed by atoms with Gasteiger partial charge in [0.2, 0.25) is 15.6 Å². The van der Waals surface area contributed by atoms with E-state index in [-0.39, 0.29) is 47.2 Å². The molecule has 0 N–H and O–H groups in total. The van der Waals surface area contributed by atoms with Crippen LogP contribution < -0.4 is 0 Å². The lowest BCUT2D eigenvalue weighted by Crippen LogP contribution is -2.34. The Kier molecular flexibility index (Phi) is 3.65. The summed E-state index contributed by atoms with van der Waals surface area (Å²) in [6.45, 7) is 0.481. The zero-order valence-electron chi connectivity index (χ0n) is 11.7. The van der Waals surface area contributed by atoms with E-state index < -0.39 is 15.6 Å². The van der Waals surface area contributed by atoms with Crippen LogP contribution in [-0.2, 0) is 24.1 Å². The van der Waals surface area contributed by atoms with E-state index in [1.165, 1.54) is 12.1 Å². The Bertz CT molecular complexity index is 778. The van der Waals surface area contributed by atoms with E-state index in [9.17, 15) is 13.2 Å². The molecule has 0 saturated carbocycles. The highest BCUT2D eigenvalue weighted by Crippen LogP contribution is 2.45. The van der Waals surface area contributed by atoms with Gasteiger partial charge in [-0.3, -0.25) is 4.79 Å². The molecule has 0 atom stereocenters. The molecule has 0 amide bonds. The third kappa shape index (κ3) is 2.18. The highest BCUT2D eigenvalue weighted by atomic mass is 32.2. The van der Waals surface area contributed by atoms with Crippen LogP contribution in [0.3, 0.4) is 0 Å². The fourth-order valence-corrected chi connectivity index (χ4v) is 4.67. The third-order valence-electron chi connectivity index (χ3n) is 3.70. The van der Waals surface area contributed by atoms with E-state index in [4.69, 9.17) is 15.9 Å². The normalized spacial score (nSPS) is 20.6. The Hall–Kier alpha value is -1.94. The van der Waals surface area contributed by atoms with Crippen molar-refractivity contribution in [3.05, 3.63) is 40.8 Å². The van der Waals surface area contributed by atoms with Gasteiger partial charge in [-0.1, -0.05) is 18.2 Å². The van der Waals surface area contributed by atoms with Gasteiger partial charge in [-0.05, 0) is 12.1 Å². The first-order chi connectivity index (χ1) is 10.5. The van der Waals surface area contributed by atoms with Gasteiger partial charge in [0.25, 0.3) is 0 Å². The maximum absolute atomic E-state index is 13.0. The first kappa shape index (κ1) is 15.0. The van der Waals surface area contributed by atoms with Crippen LogP contribution in [0.1, 0.15) is 12.8 Å². The van der Waals surface area contributed by atoms with E-state index in [0.29, 0.717) is 0 Å². The molecule has 5 nitrogen and oxygen atoms in total. The smallest absolute Gasteiger partial charge is 0.214 e. The maximum atomic E-state index is 13.0. The summed E-state index contributed by atoms with van der Waals surface area (Å²) < 4.78 is 37.0. The molecular weight excluding hydrogens is 304 g/mol. The predicted octanol–water partition coefficient (Wildman–Crippen LogP) is 1.45.